The fourth-order valence-corrected chi connectivity index (χ4v) is 3.78. The summed E-state index contributed by atoms with van der Waals surface area (Å²) in [6.07, 6.45) is 3.49. The van der Waals surface area contributed by atoms with Gasteiger partial charge in [0.1, 0.15) is 5.75 Å². The Hall–Kier alpha value is -2.57. The average molecular weight is 345 g/mol. The number of hydrogen-bond donors (Lipinski definition) is 0. The Bertz CT molecular complexity index is 706. The molecular formula is C18H19NO6. The molecule has 25 heavy (non-hydrogen) atoms. The Balaban J connectivity index is 1.34. The molecule has 1 aromatic carbocycles. The standard InChI is InChI=1S/C18H19NO6/c20-16(25-11-5-6-14-15(9-11)24-10-23-14)7-8-19-17(21)12-3-1-2-4-13(12)18(19)22/h5-6,9,12-13H,1-4,7-8,10H2/t12-,13+. The third-order valence-electron chi connectivity index (χ3n) is 5.05. The highest BCUT2D eigenvalue weighted by Crippen LogP contribution is 2.38. The van der Waals surface area contributed by atoms with Gasteiger partial charge in [-0.3, -0.25) is 19.3 Å². The summed E-state index contributed by atoms with van der Waals surface area (Å²) in [7, 11) is 0. The van der Waals surface area contributed by atoms with Crippen molar-refractivity contribution in [2.75, 3.05) is 13.3 Å². The minimum absolute atomic E-state index is 0.0225. The smallest absolute Gasteiger partial charge is 0.313 e. The van der Waals surface area contributed by atoms with Gasteiger partial charge in [0.05, 0.1) is 18.3 Å². The Morgan fingerprint density at radius 1 is 1.08 bits per heavy atom. The number of likely N-dealkylation sites (tertiary alicyclic amines) is 1. The van der Waals surface area contributed by atoms with E-state index in [4.69, 9.17) is 14.2 Å². The molecule has 132 valence electrons. The lowest BCUT2D eigenvalue weighted by atomic mass is 9.81. The molecule has 0 N–H and O–H groups in total. The largest absolute Gasteiger partial charge is 0.454 e. The van der Waals surface area contributed by atoms with Crippen LogP contribution in [-0.2, 0) is 14.4 Å². The molecule has 7 heteroatoms. The number of nitrogens with zero attached hydrogens (tertiary/aromatic N) is 1. The summed E-state index contributed by atoms with van der Waals surface area (Å²) in [5.41, 5.74) is 0. The van der Waals surface area contributed by atoms with E-state index in [1.807, 2.05) is 0 Å². The van der Waals surface area contributed by atoms with Gasteiger partial charge in [-0.15, -0.1) is 0 Å². The maximum atomic E-state index is 12.4. The van der Waals surface area contributed by atoms with Crippen LogP contribution in [0, 0.1) is 11.8 Å². The van der Waals surface area contributed by atoms with Crippen LogP contribution in [0.5, 0.6) is 17.2 Å². The third-order valence-corrected chi connectivity index (χ3v) is 5.05. The minimum atomic E-state index is -0.491. The van der Waals surface area contributed by atoms with E-state index < -0.39 is 5.97 Å². The number of ether oxygens (including phenoxy) is 3. The minimum Gasteiger partial charge on any atom is -0.454 e. The van der Waals surface area contributed by atoms with Crippen molar-refractivity contribution in [3.63, 3.8) is 0 Å². The molecule has 0 bridgehead atoms. The number of carbonyl (C=O) groups excluding carboxylic acids is 3. The predicted molar refractivity (Wildman–Crippen MR) is 85.0 cm³/mol. The first-order valence-corrected chi connectivity index (χ1v) is 8.59. The van der Waals surface area contributed by atoms with Crippen LogP contribution in [0.4, 0.5) is 0 Å². The molecule has 1 aromatic rings. The zero-order valence-corrected chi connectivity index (χ0v) is 13.7. The van der Waals surface area contributed by atoms with E-state index in [9.17, 15) is 14.4 Å². The van der Waals surface area contributed by atoms with Crippen LogP contribution in [0.3, 0.4) is 0 Å². The molecule has 2 heterocycles. The number of fused-ring (bicyclic) bond motifs is 2. The molecule has 0 unspecified atom stereocenters. The lowest BCUT2D eigenvalue weighted by molar-refractivity contribution is -0.141. The lowest BCUT2D eigenvalue weighted by Gasteiger charge is -2.19. The van der Waals surface area contributed by atoms with Crippen LogP contribution in [0.1, 0.15) is 32.1 Å². The van der Waals surface area contributed by atoms with E-state index in [1.165, 1.54) is 4.90 Å². The highest BCUT2D eigenvalue weighted by Gasteiger charge is 2.47. The fraction of sp³-hybridized carbons (Fsp3) is 0.500. The van der Waals surface area contributed by atoms with Crippen LogP contribution in [0.25, 0.3) is 0 Å². The van der Waals surface area contributed by atoms with Crippen molar-refractivity contribution in [1.82, 2.24) is 4.90 Å². The van der Waals surface area contributed by atoms with Gasteiger partial charge in [-0.05, 0) is 25.0 Å². The molecule has 2 fully saturated rings. The molecule has 2 amide bonds. The SMILES string of the molecule is O=C(CCN1C(=O)[C@H]2CCCC[C@H]2C1=O)Oc1ccc2c(c1)OCO2. The molecule has 3 aliphatic rings. The molecular weight excluding hydrogens is 326 g/mol. The number of carbonyl (C=O) groups is 3. The maximum absolute atomic E-state index is 12.4. The van der Waals surface area contributed by atoms with E-state index in [0.717, 1.165) is 25.7 Å². The number of imide groups is 1. The number of esters is 1. The van der Waals surface area contributed by atoms with Crippen LogP contribution in [0.2, 0.25) is 0 Å². The number of hydrogen-bond acceptors (Lipinski definition) is 6. The van der Waals surface area contributed by atoms with Crippen LogP contribution < -0.4 is 14.2 Å². The molecule has 1 saturated heterocycles. The second kappa shape index (κ2) is 6.38. The van der Waals surface area contributed by atoms with Gasteiger partial charge in [0, 0.05) is 12.6 Å². The number of rotatable bonds is 4. The fourth-order valence-electron chi connectivity index (χ4n) is 3.78. The normalized spacial score (nSPS) is 24.4. The Morgan fingerprint density at radius 2 is 1.76 bits per heavy atom. The summed E-state index contributed by atoms with van der Waals surface area (Å²) in [6.45, 7) is 0.225. The van der Waals surface area contributed by atoms with E-state index in [0.29, 0.717) is 17.2 Å². The second-order valence-corrected chi connectivity index (χ2v) is 6.56. The van der Waals surface area contributed by atoms with Crippen molar-refractivity contribution in [2.24, 2.45) is 11.8 Å². The Labute approximate surface area is 144 Å². The summed E-state index contributed by atoms with van der Waals surface area (Å²) < 4.78 is 15.7. The first-order valence-electron chi connectivity index (χ1n) is 8.59. The predicted octanol–water partition coefficient (Wildman–Crippen LogP) is 1.89. The summed E-state index contributed by atoms with van der Waals surface area (Å²) in [6, 6.07) is 4.87. The molecule has 1 aliphatic carbocycles. The summed E-state index contributed by atoms with van der Waals surface area (Å²) in [5, 5.41) is 0. The Kier molecular flexibility index (Phi) is 4.07. The van der Waals surface area contributed by atoms with Gasteiger partial charge in [-0.2, -0.15) is 0 Å². The van der Waals surface area contributed by atoms with Gasteiger partial charge in [-0.25, -0.2) is 0 Å². The molecule has 0 radical (unpaired) electrons. The van der Waals surface area contributed by atoms with Crippen molar-refractivity contribution in [3.8, 4) is 17.2 Å². The zero-order valence-electron chi connectivity index (χ0n) is 13.7. The quantitative estimate of drug-likeness (QED) is 0.471. The summed E-state index contributed by atoms with van der Waals surface area (Å²) >= 11 is 0. The van der Waals surface area contributed by atoms with Crippen LogP contribution in [-0.4, -0.2) is 36.0 Å². The van der Waals surface area contributed by atoms with Gasteiger partial charge >= 0.3 is 5.97 Å². The lowest BCUT2D eigenvalue weighted by Crippen LogP contribution is -2.33. The highest BCUT2D eigenvalue weighted by atomic mass is 16.7. The maximum Gasteiger partial charge on any atom is 0.313 e. The first-order chi connectivity index (χ1) is 12.1. The first kappa shape index (κ1) is 15.9. The van der Waals surface area contributed by atoms with E-state index in [1.54, 1.807) is 18.2 Å². The monoisotopic (exact) mass is 345 g/mol. The molecule has 7 nitrogen and oxygen atoms in total. The second-order valence-electron chi connectivity index (χ2n) is 6.56. The van der Waals surface area contributed by atoms with Crippen molar-refractivity contribution in [2.45, 2.75) is 32.1 Å². The van der Waals surface area contributed by atoms with Crippen LogP contribution >= 0.6 is 0 Å². The molecule has 1 saturated carbocycles. The zero-order chi connectivity index (χ0) is 17.4. The molecule has 0 spiro atoms. The van der Waals surface area contributed by atoms with E-state index in [-0.39, 0.29) is 43.4 Å². The van der Waals surface area contributed by atoms with Gasteiger partial charge in [-0.1, -0.05) is 12.8 Å². The van der Waals surface area contributed by atoms with E-state index >= 15 is 0 Å². The molecule has 2 atom stereocenters. The Morgan fingerprint density at radius 3 is 2.48 bits per heavy atom. The summed E-state index contributed by atoms with van der Waals surface area (Å²) in [5.74, 6) is 0.347. The van der Waals surface area contributed by atoms with Gasteiger partial charge < -0.3 is 14.2 Å². The molecule has 4 rings (SSSR count). The van der Waals surface area contributed by atoms with Crippen molar-refractivity contribution >= 4 is 17.8 Å². The van der Waals surface area contributed by atoms with Gasteiger partial charge in [0.15, 0.2) is 11.5 Å². The van der Waals surface area contributed by atoms with Gasteiger partial charge in [0.2, 0.25) is 18.6 Å². The highest BCUT2D eigenvalue weighted by molar-refractivity contribution is 6.05. The van der Waals surface area contributed by atoms with Crippen LogP contribution in [0.15, 0.2) is 18.2 Å². The van der Waals surface area contributed by atoms with Crippen molar-refractivity contribution in [3.05, 3.63) is 18.2 Å². The van der Waals surface area contributed by atoms with Gasteiger partial charge in [0.25, 0.3) is 0 Å². The third kappa shape index (κ3) is 2.94. The van der Waals surface area contributed by atoms with Crippen molar-refractivity contribution in [1.29, 1.82) is 0 Å². The van der Waals surface area contributed by atoms with E-state index in [2.05, 4.69) is 0 Å². The molecule has 2 aliphatic heterocycles. The average Bonchev–Trinajstić information content (AvgIpc) is 3.17. The molecule has 0 aromatic heterocycles. The number of benzene rings is 1. The number of amides is 2. The summed E-state index contributed by atoms with van der Waals surface area (Å²) in [4.78, 5) is 38.0. The van der Waals surface area contributed by atoms with Crippen molar-refractivity contribution < 1.29 is 28.6 Å². The topological polar surface area (TPSA) is 82.1 Å².